The number of sulfone groups is 1. The summed E-state index contributed by atoms with van der Waals surface area (Å²) in [4.78, 5) is 35.2. The fraction of sp³-hybridized carbons (Fsp3) is 0.179. The summed E-state index contributed by atoms with van der Waals surface area (Å²) in [6.07, 6.45) is 3.62. The molecule has 2 aromatic carbocycles. The van der Waals surface area contributed by atoms with Crippen LogP contribution in [0.2, 0.25) is 0 Å². The van der Waals surface area contributed by atoms with Crippen LogP contribution in [0.25, 0.3) is 16.9 Å². The van der Waals surface area contributed by atoms with Crippen molar-refractivity contribution in [2.75, 3.05) is 16.9 Å². The van der Waals surface area contributed by atoms with Gasteiger partial charge in [-0.2, -0.15) is 5.10 Å². The first-order valence-electron chi connectivity index (χ1n) is 12.6. The van der Waals surface area contributed by atoms with Crippen LogP contribution in [0.3, 0.4) is 0 Å². The fourth-order valence-corrected chi connectivity index (χ4v) is 4.56. The Balaban J connectivity index is 1.36. The number of ether oxygens (including phenoxy) is 1. The second kappa shape index (κ2) is 10.7. The third kappa shape index (κ3) is 6.12. The molecule has 0 aliphatic heterocycles. The van der Waals surface area contributed by atoms with Crippen molar-refractivity contribution in [1.82, 2.24) is 24.7 Å². The van der Waals surface area contributed by atoms with Crippen molar-refractivity contribution in [3.05, 3.63) is 88.9 Å². The number of anilines is 2. The number of pyridine rings is 1. The van der Waals surface area contributed by atoms with Crippen LogP contribution >= 0.6 is 0 Å². The number of urea groups is 1. The molecule has 3 N–H and O–H groups in total. The van der Waals surface area contributed by atoms with Crippen molar-refractivity contribution in [3.8, 4) is 17.2 Å². The molecule has 5 rings (SSSR count). The molecule has 0 radical (unpaired) electrons. The number of halogens is 1. The summed E-state index contributed by atoms with van der Waals surface area (Å²) in [5.41, 5.74) is 0.795. The van der Waals surface area contributed by atoms with Gasteiger partial charge in [0.25, 0.3) is 5.56 Å². The minimum Gasteiger partial charge on any atom is -0.455 e. The lowest BCUT2D eigenvalue weighted by Crippen LogP contribution is -2.22. The second-order valence-corrected chi connectivity index (χ2v) is 12.4. The molecule has 42 heavy (non-hydrogen) atoms. The van der Waals surface area contributed by atoms with Crippen molar-refractivity contribution < 1.29 is 22.3 Å². The Labute approximate surface area is 239 Å². The summed E-state index contributed by atoms with van der Waals surface area (Å²) < 4.78 is 45.9. The summed E-state index contributed by atoms with van der Waals surface area (Å²) >= 11 is 0. The van der Waals surface area contributed by atoms with Gasteiger partial charge in [0, 0.05) is 36.1 Å². The van der Waals surface area contributed by atoms with Crippen LogP contribution < -0.4 is 20.9 Å². The van der Waals surface area contributed by atoms with E-state index >= 15 is 0 Å². The van der Waals surface area contributed by atoms with Crippen molar-refractivity contribution in [2.24, 2.45) is 0 Å². The highest BCUT2D eigenvalue weighted by atomic mass is 32.2. The third-order valence-corrected chi connectivity index (χ3v) is 7.21. The van der Waals surface area contributed by atoms with E-state index in [-0.39, 0.29) is 38.7 Å². The van der Waals surface area contributed by atoms with Gasteiger partial charge < -0.3 is 15.0 Å². The molecule has 0 atom stereocenters. The maximum absolute atomic E-state index is 15.0. The van der Waals surface area contributed by atoms with Crippen LogP contribution in [-0.4, -0.2) is 45.4 Å². The highest BCUT2D eigenvalue weighted by Crippen LogP contribution is 2.30. The summed E-state index contributed by atoms with van der Waals surface area (Å²) in [6.45, 7) is 5.87. The number of hydrogen-bond acceptors (Lipinski definition) is 8. The zero-order valence-corrected chi connectivity index (χ0v) is 23.8. The van der Waals surface area contributed by atoms with Crippen LogP contribution in [0.15, 0.2) is 76.7 Å². The zero-order chi connectivity index (χ0) is 30.2. The van der Waals surface area contributed by atoms with Crippen molar-refractivity contribution in [3.63, 3.8) is 0 Å². The maximum Gasteiger partial charge on any atom is 0.324 e. The van der Waals surface area contributed by atoms with E-state index in [1.807, 2.05) is 20.8 Å². The van der Waals surface area contributed by atoms with E-state index in [4.69, 9.17) is 4.74 Å². The molecular formula is C28H26FN7O5S. The number of carbonyl (C=O) groups is 1. The van der Waals surface area contributed by atoms with Crippen LogP contribution in [0.1, 0.15) is 26.5 Å². The Morgan fingerprint density at radius 1 is 1.02 bits per heavy atom. The number of carbonyl (C=O) groups excluding carboxylic acids is 1. The number of rotatable bonds is 6. The summed E-state index contributed by atoms with van der Waals surface area (Å²) in [5.74, 6) is -0.0893. The molecule has 0 fully saturated rings. The van der Waals surface area contributed by atoms with E-state index in [2.05, 4.69) is 30.7 Å². The minimum atomic E-state index is -3.39. The molecule has 0 bridgehead atoms. The number of nitrogens with one attached hydrogen (secondary N) is 3. The predicted molar refractivity (Wildman–Crippen MR) is 155 cm³/mol. The molecule has 5 aromatic rings. The first-order valence-corrected chi connectivity index (χ1v) is 14.5. The lowest BCUT2D eigenvalue weighted by Gasteiger charge is -2.14. The van der Waals surface area contributed by atoms with Gasteiger partial charge in [0.2, 0.25) is 0 Å². The first kappa shape index (κ1) is 28.4. The molecule has 14 heteroatoms. The van der Waals surface area contributed by atoms with E-state index in [0.29, 0.717) is 17.2 Å². The fourth-order valence-electron chi connectivity index (χ4n) is 3.93. The van der Waals surface area contributed by atoms with Gasteiger partial charge in [-0.3, -0.25) is 10.1 Å². The number of benzene rings is 2. The van der Waals surface area contributed by atoms with Crippen molar-refractivity contribution >= 4 is 38.5 Å². The average molecular weight is 592 g/mol. The van der Waals surface area contributed by atoms with Gasteiger partial charge >= 0.3 is 6.03 Å². The number of aromatic amines is 1. The summed E-state index contributed by atoms with van der Waals surface area (Å²) in [6, 6.07) is 12.4. The lowest BCUT2D eigenvalue weighted by atomic mass is 9.92. The van der Waals surface area contributed by atoms with Crippen LogP contribution in [0.4, 0.5) is 20.7 Å². The quantitative estimate of drug-likeness (QED) is 0.254. The molecule has 3 aromatic heterocycles. The number of aromatic nitrogens is 5. The molecular weight excluding hydrogens is 565 g/mol. The van der Waals surface area contributed by atoms with Gasteiger partial charge in [-0.25, -0.2) is 32.3 Å². The highest BCUT2D eigenvalue weighted by molar-refractivity contribution is 7.90. The SMILES string of the molecule is CC(C)(C)c1cc(NC(=O)Nc2ccc(Oc3ccnc4[nH]c(=O)cnc34)cc2F)n(-c2ccc(S(C)(=O)=O)cc2)n1. The highest BCUT2D eigenvalue weighted by Gasteiger charge is 2.22. The monoisotopic (exact) mass is 591 g/mol. The number of H-pyrrole nitrogens is 1. The molecule has 12 nitrogen and oxygen atoms in total. The number of hydrogen-bond donors (Lipinski definition) is 3. The van der Waals surface area contributed by atoms with Crippen LogP contribution in [0, 0.1) is 5.82 Å². The largest absolute Gasteiger partial charge is 0.455 e. The molecule has 0 aliphatic rings. The molecule has 3 heterocycles. The van der Waals surface area contributed by atoms with E-state index in [9.17, 15) is 22.4 Å². The van der Waals surface area contributed by atoms with Crippen molar-refractivity contribution in [1.29, 1.82) is 0 Å². The zero-order valence-electron chi connectivity index (χ0n) is 23.0. The molecule has 216 valence electrons. The molecule has 0 spiro atoms. The maximum atomic E-state index is 15.0. The Morgan fingerprint density at radius 2 is 1.76 bits per heavy atom. The van der Waals surface area contributed by atoms with Crippen LogP contribution in [-0.2, 0) is 15.3 Å². The summed E-state index contributed by atoms with van der Waals surface area (Å²) in [5, 5.41) is 9.77. The molecule has 0 saturated carbocycles. The smallest absolute Gasteiger partial charge is 0.324 e. The van der Waals surface area contributed by atoms with Gasteiger partial charge in [-0.05, 0) is 36.4 Å². The van der Waals surface area contributed by atoms with E-state index < -0.39 is 27.2 Å². The van der Waals surface area contributed by atoms with Gasteiger partial charge in [-0.15, -0.1) is 0 Å². The van der Waals surface area contributed by atoms with E-state index in [1.54, 1.807) is 18.2 Å². The Kier molecular flexibility index (Phi) is 7.24. The number of nitrogens with zero attached hydrogens (tertiary/aromatic N) is 4. The number of amides is 2. The van der Waals surface area contributed by atoms with Gasteiger partial charge in [0.1, 0.15) is 22.9 Å². The topological polar surface area (TPSA) is 161 Å². The van der Waals surface area contributed by atoms with E-state index in [1.165, 1.54) is 41.2 Å². The molecule has 0 unspecified atom stereocenters. The van der Waals surface area contributed by atoms with Gasteiger partial charge in [0.15, 0.2) is 21.2 Å². The number of fused-ring (bicyclic) bond motifs is 1. The molecule has 2 amide bonds. The van der Waals surface area contributed by atoms with Gasteiger partial charge in [-0.1, -0.05) is 20.8 Å². The Hall–Kier alpha value is -5.11. The van der Waals surface area contributed by atoms with Crippen LogP contribution in [0.5, 0.6) is 11.5 Å². The lowest BCUT2D eigenvalue weighted by molar-refractivity contribution is 0.262. The normalized spacial score (nSPS) is 11.8. The minimum absolute atomic E-state index is 0.110. The summed E-state index contributed by atoms with van der Waals surface area (Å²) in [7, 11) is -3.39. The first-order chi connectivity index (χ1) is 19.8. The Bertz CT molecular complexity index is 1980. The predicted octanol–water partition coefficient (Wildman–Crippen LogP) is 4.78. The molecule has 0 aliphatic carbocycles. The third-order valence-electron chi connectivity index (χ3n) is 6.09. The van der Waals surface area contributed by atoms with Crippen molar-refractivity contribution in [2.45, 2.75) is 31.1 Å². The second-order valence-electron chi connectivity index (χ2n) is 10.4. The average Bonchev–Trinajstić information content (AvgIpc) is 3.34. The van der Waals surface area contributed by atoms with Gasteiger partial charge in [0.05, 0.1) is 28.2 Å². The standard InChI is InChI=1S/C28H26FN7O5S/c1-28(2,3)22-14-23(36(35-22)16-5-8-18(9-6-16)42(4,39)40)33-27(38)32-20-10-7-17(13-19(20)29)41-21-11-12-30-26-25(21)31-15-24(37)34-26/h5-15H,1-4H3,(H,30,34,37)(H2,32,33,38). The van der Waals surface area contributed by atoms with E-state index in [0.717, 1.165) is 18.5 Å². The molecule has 0 saturated heterocycles. The Morgan fingerprint density at radius 3 is 2.43 bits per heavy atom.